The second kappa shape index (κ2) is 6.55. The summed E-state index contributed by atoms with van der Waals surface area (Å²) in [6.45, 7) is 5.42. The summed E-state index contributed by atoms with van der Waals surface area (Å²) in [6.07, 6.45) is 4.20. The largest absolute Gasteiger partial charge is 0.392 e. The van der Waals surface area contributed by atoms with Crippen LogP contribution < -0.4 is 4.90 Å². The van der Waals surface area contributed by atoms with Crippen molar-refractivity contribution in [1.29, 1.82) is 0 Å². The van der Waals surface area contributed by atoms with Crippen LogP contribution in [0, 0.1) is 0 Å². The molecule has 2 heterocycles. The summed E-state index contributed by atoms with van der Waals surface area (Å²) in [5, 5.41) is 9.68. The molecule has 5 heteroatoms. The molecule has 1 aliphatic rings. The highest BCUT2D eigenvalue weighted by Gasteiger charge is 2.24. The van der Waals surface area contributed by atoms with Gasteiger partial charge in [0.25, 0.3) is 0 Å². The molecule has 0 spiro atoms. The predicted octanol–water partition coefficient (Wildman–Crippen LogP) is 2.15. The monoisotopic (exact) mass is 283 g/mol. The zero-order valence-corrected chi connectivity index (χ0v) is 12.4. The van der Waals surface area contributed by atoms with Crippen molar-refractivity contribution in [2.45, 2.75) is 32.4 Å². The van der Waals surface area contributed by atoms with E-state index in [-0.39, 0.29) is 6.61 Å². The van der Waals surface area contributed by atoms with Gasteiger partial charge in [-0.2, -0.15) is 0 Å². The number of rotatable bonds is 5. The van der Waals surface area contributed by atoms with Crippen molar-refractivity contribution < 1.29 is 5.11 Å². The molecule has 106 valence electrons. The number of likely N-dealkylation sites (N-methyl/N-ethyl adjacent to an activating group) is 2. The molecule has 1 aromatic rings. The fourth-order valence-electron chi connectivity index (χ4n) is 2.76. The lowest BCUT2D eigenvalue weighted by Gasteiger charge is -2.28. The Kier molecular flexibility index (Phi) is 5.02. The Morgan fingerprint density at radius 2 is 2.37 bits per heavy atom. The van der Waals surface area contributed by atoms with Crippen LogP contribution in [0.2, 0.25) is 5.02 Å². The molecule has 0 amide bonds. The van der Waals surface area contributed by atoms with Gasteiger partial charge >= 0.3 is 0 Å². The molecule has 1 aliphatic heterocycles. The third-order valence-electron chi connectivity index (χ3n) is 3.81. The number of likely N-dealkylation sites (tertiary alicyclic amines) is 1. The summed E-state index contributed by atoms with van der Waals surface area (Å²) in [5.41, 5.74) is 0.748. The van der Waals surface area contributed by atoms with E-state index in [1.54, 1.807) is 12.3 Å². The van der Waals surface area contributed by atoms with Gasteiger partial charge in [0, 0.05) is 25.8 Å². The molecule has 0 radical (unpaired) electrons. The molecule has 1 saturated heterocycles. The van der Waals surface area contributed by atoms with Crippen molar-refractivity contribution in [2.75, 3.05) is 31.6 Å². The lowest BCUT2D eigenvalue weighted by Crippen LogP contribution is -2.39. The van der Waals surface area contributed by atoms with Gasteiger partial charge in [-0.15, -0.1) is 0 Å². The molecule has 1 atom stereocenters. The first-order valence-electron chi connectivity index (χ1n) is 6.86. The van der Waals surface area contributed by atoms with Crippen LogP contribution in [-0.4, -0.2) is 47.7 Å². The van der Waals surface area contributed by atoms with Crippen molar-refractivity contribution in [3.05, 3.63) is 22.8 Å². The molecule has 0 bridgehead atoms. The molecule has 0 aliphatic carbocycles. The SMILES string of the molecule is CCN1CCCC1CN(C)c1ncc(CO)cc1Cl. The van der Waals surface area contributed by atoms with Crippen molar-refractivity contribution >= 4 is 17.4 Å². The lowest BCUT2D eigenvalue weighted by atomic mass is 10.2. The van der Waals surface area contributed by atoms with Crippen molar-refractivity contribution in [2.24, 2.45) is 0 Å². The van der Waals surface area contributed by atoms with Crippen LogP contribution in [0.15, 0.2) is 12.3 Å². The summed E-state index contributed by atoms with van der Waals surface area (Å²) in [7, 11) is 2.03. The van der Waals surface area contributed by atoms with Crippen LogP contribution in [0.1, 0.15) is 25.3 Å². The Hall–Kier alpha value is -0.840. The third kappa shape index (κ3) is 3.38. The summed E-state index contributed by atoms with van der Waals surface area (Å²) in [6, 6.07) is 2.37. The molecule has 0 aromatic carbocycles. The van der Waals surface area contributed by atoms with E-state index in [0.717, 1.165) is 24.5 Å². The van der Waals surface area contributed by atoms with Crippen LogP contribution in [0.5, 0.6) is 0 Å². The van der Waals surface area contributed by atoms with Crippen LogP contribution in [0.25, 0.3) is 0 Å². The van der Waals surface area contributed by atoms with Gasteiger partial charge in [0.2, 0.25) is 0 Å². The number of nitrogens with zero attached hydrogens (tertiary/aromatic N) is 3. The van der Waals surface area contributed by atoms with Gasteiger partial charge in [-0.05, 0) is 37.6 Å². The first-order chi connectivity index (χ1) is 9.15. The highest BCUT2D eigenvalue weighted by Crippen LogP contribution is 2.25. The topological polar surface area (TPSA) is 39.6 Å². The molecule has 2 rings (SSSR count). The van der Waals surface area contributed by atoms with Gasteiger partial charge < -0.3 is 10.0 Å². The molecular formula is C14H22ClN3O. The van der Waals surface area contributed by atoms with Crippen LogP contribution in [0.3, 0.4) is 0 Å². The normalized spacial score (nSPS) is 19.9. The second-order valence-corrected chi connectivity index (χ2v) is 5.52. The number of anilines is 1. The van der Waals surface area contributed by atoms with Gasteiger partial charge in [0.15, 0.2) is 0 Å². The number of aromatic nitrogens is 1. The molecule has 1 unspecified atom stereocenters. The number of halogens is 1. The van der Waals surface area contributed by atoms with Crippen LogP contribution in [0.4, 0.5) is 5.82 Å². The minimum atomic E-state index is -0.0248. The van der Waals surface area contributed by atoms with E-state index >= 15 is 0 Å². The van der Waals surface area contributed by atoms with Crippen molar-refractivity contribution in [1.82, 2.24) is 9.88 Å². The quantitative estimate of drug-likeness (QED) is 0.899. The smallest absolute Gasteiger partial charge is 0.147 e. The van der Waals surface area contributed by atoms with Gasteiger partial charge in [0.05, 0.1) is 11.6 Å². The Morgan fingerprint density at radius 1 is 1.58 bits per heavy atom. The zero-order chi connectivity index (χ0) is 13.8. The first kappa shape index (κ1) is 14.6. The number of aliphatic hydroxyl groups is 1. The molecular weight excluding hydrogens is 262 g/mol. The second-order valence-electron chi connectivity index (χ2n) is 5.11. The molecule has 1 fully saturated rings. The standard InChI is InChI=1S/C14H22ClN3O/c1-3-18-6-4-5-12(18)9-17(2)14-13(15)7-11(10-19)8-16-14/h7-8,12,19H,3-6,9-10H2,1-2H3. The fraction of sp³-hybridized carbons (Fsp3) is 0.643. The Labute approximate surface area is 120 Å². The van der Waals surface area contributed by atoms with E-state index in [0.29, 0.717) is 11.1 Å². The molecule has 1 N–H and O–H groups in total. The first-order valence-corrected chi connectivity index (χ1v) is 7.24. The third-order valence-corrected chi connectivity index (χ3v) is 4.09. The number of hydrogen-bond acceptors (Lipinski definition) is 4. The minimum Gasteiger partial charge on any atom is -0.392 e. The average Bonchev–Trinajstić information content (AvgIpc) is 2.85. The van der Waals surface area contributed by atoms with E-state index in [1.807, 2.05) is 7.05 Å². The minimum absolute atomic E-state index is 0.0248. The zero-order valence-electron chi connectivity index (χ0n) is 11.6. The summed E-state index contributed by atoms with van der Waals surface area (Å²) >= 11 is 6.23. The van der Waals surface area contributed by atoms with Gasteiger partial charge in [0.1, 0.15) is 5.82 Å². The average molecular weight is 284 g/mol. The van der Waals surface area contributed by atoms with E-state index < -0.39 is 0 Å². The van der Waals surface area contributed by atoms with Gasteiger partial charge in [-0.3, -0.25) is 4.90 Å². The van der Waals surface area contributed by atoms with E-state index in [9.17, 15) is 0 Å². The van der Waals surface area contributed by atoms with Crippen molar-refractivity contribution in [3.63, 3.8) is 0 Å². The Bertz CT molecular complexity index is 427. The van der Waals surface area contributed by atoms with Crippen LogP contribution >= 0.6 is 11.6 Å². The Morgan fingerprint density at radius 3 is 3.00 bits per heavy atom. The molecule has 19 heavy (non-hydrogen) atoms. The maximum Gasteiger partial charge on any atom is 0.147 e. The van der Waals surface area contributed by atoms with Gasteiger partial charge in [-0.1, -0.05) is 18.5 Å². The van der Waals surface area contributed by atoms with E-state index in [2.05, 4.69) is 21.7 Å². The molecule has 0 saturated carbocycles. The maximum absolute atomic E-state index is 9.07. The number of hydrogen-bond donors (Lipinski definition) is 1. The lowest BCUT2D eigenvalue weighted by molar-refractivity contribution is 0.270. The molecule has 1 aromatic heterocycles. The Balaban J connectivity index is 2.05. The summed E-state index contributed by atoms with van der Waals surface area (Å²) in [4.78, 5) is 8.98. The summed E-state index contributed by atoms with van der Waals surface area (Å²) in [5.74, 6) is 0.793. The van der Waals surface area contributed by atoms with E-state index in [1.165, 1.54) is 19.4 Å². The molecule has 4 nitrogen and oxygen atoms in total. The fourth-order valence-corrected chi connectivity index (χ4v) is 3.09. The van der Waals surface area contributed by atoms with E-state index in [4.69, 9.17) is 16.7 Å². The van der Waals surface area contributed by atoms with Crippen LogP contribution in [-0.2, 0) is 6.61 Å². The highest BCUT2D eigenvalue weighted by molar-refractivity contribution is 6.33. The summed E-state index contributed by atoms with van der Waals surface area (Å²) < 4.78 is 0. The number of pyridine rings is 1. The maximum atomic E-state index is 9.07. The van der Waals surface area contributed by atoms with Crippen molar-refractivity contribution in [3.8, 4) is 0 Å². The van der Waals surface area contributed by atoms with Gasteiger partial charge in [-0.25, -0.2) is 4.98 Å². The predicted molar refractivity (Wildman–Crippen MR) is 78.7 cm³/mol. The number of aliphatic hydroxyl groups excluding tert-OH is 1. The highest BCUT2D eigenvalue weighted by atomic mass is 35.5.